The molecular formula is C17H27N3O2S. The van der Waals surface area contributed by atoms with Crippen LogP contribution >= 0.6 is 11.3 Å². The molecule has 1 aliphatic heterocycles. The molecule has 0 bridgehead atoms. The first kappa shape index (κ1) is 18.1. The Labute approximate surface area is 142 Å². The smallest absolute Gasteiger partial charge is 0.239 e. The van der Waals surface area contributed by atoms with Crippen LogP contribution in [0.2, 0.25) is 0 Å². The predicted octanol–water partition coefficient (Wildman–Crippen LogP) is 2.50. The molecule has 2 heterocycles. The van der Waals surface area contributed by atoms with E-state index in [0.717, 1.165) is 37.2 Å². The Hall–Kier alpha value is -1.27. The minimum Gasteiger partial charge on any atom is -0.341 e. The van der Waals surface area contributed by atoms with E-state index in [2.05, 4.69) is 18.8 Å². The standard InChI is InChI=1S/C17H27N3O2S/c1-4-14-10-19-16(23-14)15(21)9-11(2)13-5-7-20(8-6-13)17(22)12(3)18/h10-13H,4-9,18H2,1-3H3/t11?,12-/m0/s1. The first-order valence-corrected chi connectivity index (χ1v) is 9.26. The third-order valence-corrected chi connectivity index (χ3v) is 5.88. The maximum absolute atomic E-state index is 12.4. The second-order valence-electron chi connectivity index (χ2n) is 6.54. The van der Waals surface area contributed by atoms with E-state index in [-0.39, 0.29) is 11.7 Å². The van der Waals surface area contributed by atoms with E-state index in [9.17, 15) is 9.59 Å². The highest BCUT2D eigenvalue weighted by atomic mass is 32.1. The summed E-state index contributed by atoms with van der Waals surface area (Å²) in [7, 11) is 0. The summed E-state index contributed by atoms with van der Waals surface area (Å²) in [6.45, 7) is 7.44. The Balaban J connectivity index is 1.84. The van der Waals surface area contributed by atoms with Gasteiger partial charge in [0.2, 0.25) is 5.91 Å². The van der Waals surface area contributed by atoms with Crippen LogP contribution < -0.4 is 5.73 Å². The van der Waals surface area contributed by atoms with Gasteiger partial charge in [-0.3, -0.25) is 9.59 Å². The number of hydrogen-bond donors (Lipinski definition) is 1. The van der Waals surface area contributed by atoms with Crippen molar-refractivity contribution in [1.29, 1.82) is 0 Å². The zero-order valence-corrected chi connectivity index (χ0v) is 15.1. The van der Waals surface area contributed by atoms with Crippen LogP contribution in [0.4, 0.5) is 0 Å². The number of carbonyl (C=O) groups excluding carboxylic acids is 2. The maximum Gasteiger partial charge on any atom is 0.239 e. The van der Waals surface area contributed by atoms with Crippen molar-refractivity contribution in [2.24, 2.45) is 17.6 Å². The van der Waals surface area contributed by atoms with Crippen LogP contribution in [0.25, 0.3) is 0 Å². The van der Waals surface area contributed by atoms with Crippen LogP contribution in [-0.4, -0.2) is 40.7 Å². The molecule has 1 aliphatic rings. The zero-order valence-electron chi connectivity index (χ0n) is 14.2. The number of rotatable bonds is 6. The maximum atomic E-state index is 12.4. The molecule has 6 heteroatoms. The molecule has 2 N–H and O–H groups in total. The molecule has 2 atom stereocenters. The molecule has 1 fully saturated rings. The van der Waals surface area contributed by atoms with Gasteiger partial charge in [0.25, 0.3) is 0 Å². The van der Waals surface area contributed by atoms with Gasteiger partial charge >= 0.3 is 0 Å². The van der Waals surface area contributed by atoms with Crippen molar-refractivity contribution in [3.63, 3.8) is 0 Å². The van der Waals surface area contributed by atoms with Gasteiger partial charge in [0.15, 0.2) is 10.8 Å². The van der Waals surface area contributed by atoms with E-state index in [4.69, 9.17) is 5.73 Å². The molecule has 1 unspecified atom stereocenters. The fourth-order valence-corrected chi connectivity index (χ4v) is 3.92. The average molecular weight is 337 g/mol. The summed E-state index contributed by atoms with van der Waals surface area (Å²) in [4.78, 5) is 31.5. The van der Waals surface area contributed by atoms with E-state index >= 15 is 0 Å². The van der Waals surface area contributed by atoms with Crippen LogP contribution in [0.1, 0.15) is 54.7 Å². The molecule has 0 aromatic carbocycles. The van der Waals surface area contributed by atoms with Gasteiger partial charge in [0.05, 0.1) is 6.04 Å². The van der Waals surface area contributed by atoms with Gasteiger partial charge in [-0.1, -0.05) is 13.8 Å². The van der Waals surface area contributed by atoms with Gasteiger partial charge in [-0.05, 0) is 38.0 Å². The highest BCUT2D eigenvalue weighted by Gasteiger charge is 2.29. The number of nitrogens with zero attached hydrogens (tertiary/aromatic N) is 2. The molecule has 0 radical (unpaired) electrons. The Kier molecular flexibility index (Phi) is 6.30. The first-order chi connectivity index (χ1) is 10.9. The van der Waals surface area contributed by atoms with E-state index in [0.29, 0.717) is 23.3 Å². The summed E-state index contributed by atoms with van der Waals surface area (Å²) in [5, 5.41) is 0.637. The van der Waals surface area contributed by atoms with Crippen LogP contribution in [0.5, 0.6) is 0 Å². The number of amides is 1. The van der Waals surface area contributed by atoms with Crippen molar-refractivity contribution in [2.75, 3.05) is 13.1 Å². The fraction of sp³-hybridized carbons (Fsp3) is 0.706. The monoisotopic (exact) mass is 337 g/mol. The van der Waals surface area contributed by atoms with E-state index in [1.807, 2.05) is 4.90 Å². The van der Waals surface area contributed by atoms with Crippen molar-refractivity contribution in [1.82, 2.24) is 9.88 Å². The van der Waals surface area contributed by atoms with Crippen molar-refractivity contribution >= 4 is 23.0 Å². The van der Waals surface area contributed by atoms with E-state index < -0.39 is 6.04 Å². The Morgan fingerprint density at radius 1 is 1.39 bits per heavy atom. The molecular weight excluding hydrogens is 310 g/mol. The SMILES string of the molecule is CCc1cnc(C(=O)CC(C)C2CCN(C(=O)[C@H](C)N)CC2)s1. The minimum atomic E-state index is -0.428. The third kappa shape index (κ3) is 4.61. The average Bonchev–Trinajstić information content (AvgIpc) is 3.03. The number of hydrogen-bond acceptors (Lipinski definition) is 5. The molecule has 5 nitrogen and oxygen atoms in total. The summed E-state index contributed by atoms with van der Waals surface area (Å²) in [5.74, 6) is 0.990. The Morgan fingerprint density at radius 2 is 2.04 bits per heavy atom. The van der Waals surface area contributed by atoms with Crippen LogP contribution in [0.3, 0.4) is 0 Å². The third-order valence-electron chi connectivity index (χ3n) is 4.69. The number of aryl methyl sites for hydroxylation is 1. The summed E-state index contributed by atoms with van der Waals surface area (Å²) < 4.78 is 0. The molecule has 0 spiro atoms. The first-order valence-electron chi connectivity index (χ1n) is 8.44. The molecule has 23 heavy (non-hydrogen) atoms. The number of piperidine rings is 1. The zero-order chi connectivity index (χ0) is 17.0. The summed E-state index contributed by atoms with van der Waals surface area (Å²) in [6.07, 6.45) is 5.17. The number of carbonyl (C=O) groups is 2. The molecule has 1 aromatic rings. The van der Waals surface area contributed by atoms with Gasteiger partial charge in [0.1, 0.15) is 0 Å². The van der Waals surface area contributed by atoms with E-state index in [1.165, 1.54) is 11.3 Å². The van der Waals surface area contributed by atoms with Crippen LogP contribution in [-0.2, 0) is 11.2 Å². The fourth-order valence-electron chi connectivity index (χ4n) is 3.12. The Bertz CT molecular complexity index is 548. The van der Waals surface area contributed by atoms with Gasteiger partial charge in [0, 0.05) is 30.6 Å². The van der Waals surface area contributed by atoms with Crippen molar-refractivity contribution in [3.05, 3.63) is 16.1 Å². The quantitative estimate of drug-likeness (QED) is 0.809. The van der Waals surface area contributed by atoms with Crippen LogP contribution in [0.15, 0.2) is 6.20 Å². The summed E-state index contributed by atoms with van der Waals surface area (Å²) >= 11 is 1.51. The highest BCUT2D eigenvalue weighted by Crippen LogP contribution is 2.29. The van der Waals surface area contributed by atoms with Crippen molar-refractivity contribution < 1.29 is 9.59 Å². The number of Topliss-reactive ketones (excluding diaryl/α,β-unsaturated/α-hetero) is 1. The number of ketones is 1. The number of aromatic nitrogens is 1. The van der Waals surface area contributed by atoms with E-state index in [1.54, 1.807) is 13.1 Å². The lowest BCUT2D eigenvalue weighted by molar-refractivity contribution is -0.133. The van der Waals surface area contributed by atoms with Gasteiger partial charge < -0.3 is 10.6 Å². The predicted molar refractivity (Wildman–Crippen MR) is 92.6 cm³/mol. The van der Waals surface area contributed by atoms with Gasteiger partial charge in [-0.15, -0.1) is 11.3 Å². The lowest BCUT2D eigenvalue weighted by atomic mass is 9.82. The highest BCUT2D eigenvalue weighted by molar-refractivity contribution is 7.13. The molecule has 0 saturated carbocycles. The molecule has 1 aromatic heterocycles. The number of thiazole rings is 1. The topological polar surface area (TPSA) is 76.3 Å². The lowest BCUT2D eigenvalue weighted by Crippen LogP contribution is -2.46. The molecule has 1 amide bonds. The van der Waals surface area contributed by atoms with Crippen LogP contribution in [0, 0.1) is 11.8 Å². The van der Waals surface area contributed by atoms with Gasteiger partial charge in [-0.25, -0.2) is 4.98 Å². The minimum absolute atomic E-state index is 0.0297. The second-order valence-corrected chi connectivity index (χ2v) is 7.66. The molecule has 128 valence electrons. The molecule has 1 saturated heterocycles. The normalized spacial score (nSPS) is 18.7. The number of nitrogens with two attached hydrogens (primary N) is 1. The lowest BCUT2D eigenvalue weighted by Gasteiger charge is -2.35. The molecule has 2 rings (SSSR count). The second kappa shape index (κ2) is 8.02. The van der Waals surface area contributed by atoms with Crippen molar-refractivity contribution in [3.8, 4) is 0 Å². The number of likely N-dealkylation sites (tertiary alicyclic amines) is 1. The largest absolute Gasteiger partial charge is 0.341 e. The Morgan fingerprint density at radius 3 is 2.57 bits per heavy atom. The van der Waals surface area contributed by atoms with Crippen molar-refractivity contribution in [2.45, 2.75) is 52.5 Å². The molecule has 0 aliphatic carbocycles. The van der Waals surface area contributed by atoms with Gasteiger partial charge in [-0.2, -0.15) is 0 Å². The summed E-state index contributed by atoms with van der Waals surface area (Å²) in [5.41, 5.74) is 5.66. The summed E-state index contributed by atoms with van der Waals surface area (Å²) in [6, 6.07) is -0.428.